The lowest BCUT2D eigenvalue weighted by Gasteiger charge is -2.12. The summed E-state index contributed by atoms with van der Waals surface area (Å²) < 4.78 is 24.2. The van der Waals surface area contributed by atoms with Gasteiger partial charge in [-0.25, -0.2) is 4.39 Å². The Labute approximate surface area is 168 Å². The average Bonchev–Trinajstić information content (AvgIpc) is 2.72. The van der Waals surface area contributed by atoms with Gasteiger partial charge in [0.15, 0.2) is 11.5 Å². The van der Waals surface area contributed by atoms with Crippen molar-refractivity contribution in [3.05, 3.63) is 94.3 Å². The molecule has 0 aliphatic heterocycles. The zero-order valence-corrected chi connectivity index (χ0v) is 15.9. The quantitative estimate of drug-likeness (QED) is 0.373. The molecular weight excluding hydrogens is 377 g/mol. The van der Waals surface area contributed by atoms with Gasteiger partial charge in [-0.05, 0) is 47.5 Å². The Morgan fingerprint density at radius 1 is 1.07 bits per heavy atom. The van der Waals surface area contributed by atoms with Gasteiger partial charge in [-0.2, -0.15) is 5.26 Å². The van der Waals surface area contributed by atoms with Gasteiger partial charge in [0.25, 0.3) is 0 Å². The van der Waals surface area contributed by atoms with E-state index >= 15 is 0 Å². The van der Waals surface area contributed by atoms with Crippen LogP contribution in [-0.4, -0.2) is 7.11 Å². The fraction of sp³-hybridized carbons (Fsp3) is 0.0870. The molecule has 0 saturated carbocycles. The Balaban J connectivity index is 1.83. The fourth-order valence-corrected chi connectivity index (χ4v) is 2.89. The Morgan fingerprint density at radius 3 is 2.50 bits per heavy atom. The Kier molecular flexibility index (Phi) is 6.31. The maximum absolute atomic E-state index is 13.0. The zero-order chi connectivity index (χ0) is 19.9. The number of allylic oxidation sites excluding steroid dienone is 1. The van der Waals surface area contributed by atoms with Gasteiger partial charge in [-0.3, -0.25) is 0 Å². The monoisotopic (exact) mass is 393 g/mol. The van der Waals surface area contributed by atoms with Gasteiger partial charge >= 0.3 is 0 Å². The first-order chi connectivity index (χ1) is 13.6. The van der Waals surface area contributed by atoms with Crippen molar-refractivity contribution in [3.8, 4) is 17.6 Å². The van der Waals surface area contributed by atoms with Crippen LogP contribution in [0.2, 0.25) is 5.02 Å². The summed E-state index contributed by atoms with van der Waals surface area (Å²) in [5, 5.41) is 10.0. The molecule has 3 aromatic rings. The normalized spacial score (nSPS) is 11.0. The van der Waals surface area contributed by atoms with Crippen molar-refractivity contribution >= 4 is 23.3 Å². The fourth-order valence-electron chi connectivity index (χ4n) is 2.65. The minimum atomic E-state index is -0.288. The predicted octanol–water partition coefficient (Wildman–Crippen LogP) is 6.13. The van der Waals surface area contributed by atoms with Crippen LogP contribution in [0.4, 0.5) is 4.39 Å². The highest BCUT2D eigenvalue weighted by atomic mass is 35.5. The van der Waals surface area contributed by atoms with Crippen LogP contribution in [0.25, 0.3) is 11.6 Å². The molecule has 3 aromatic carbocycles. The predicted molar refractivity (Wildman–Crippen MR) is 109 cm³/mol. The number of benzene rings is 3. The summed E-state index contributed by atoms with van der Waals surface area (Å²) in [5.41, 5.74) is 2.75. The molecule has 0 heterocycles. The molecule has 0 spiro atoms. The molecule has 140 valence electrons. The lowest BCUT2D eigenvalue weighted by molar-refractivity contribution is 0.284. The second-order valence-corrected chi connectivity index (χ2v) is 6.38. The van der Waals surface area contributed by atoms with E-state index in [-0.39, 0.29) is 12.4 Å². The molecule has 0 atom stereocenters. The number of hydrogen-bond acceptors (Lipinski definition) is 3. The molecule has 0 fully saturated rings. The van der Waals surface area contributed by atoms with Crippen molar-refractivity contribution in [2.45, 2.75) is 6.61 Å². The number of hydrogen-bond donors (Lipinski definition) is 0. The average molecular weight is 394 g/mol. The lowest BCUT2D eigenvalue weighted by atomic mass is 10.0. The molecule has 0 aliphatic carbocycles. The lowest BCUT2D eigenvalue weighted by Crippen LogP contribution is -1.98. The van der Waals surface area contributed by atoms with Crippen molar-refractivity contribution in [3.63, 3.8) is 0 Å². The van der Waals surface area contributed by atoms with E-state index < -0.39 is 0 Å². The summed E-state index contributed by atoms with van der Waals surface area (Å²) in [7, 11) is 1.55. The molecule has 0 radical (unpaired) electrons. The van der Waals surface area contributed by atoms with Crippen LogP contribution in [0.5, 0.6) is 11.5 Å². The minimum Gasteiger partial charge on any atom is -0.493 e. The van der Waals surface area contributed by atoms with Crippen LogP contribution in [-0.2, 0) is 6.61 Å². The summed E-state index contributed by atoms with van der Waals surface area (Å²) in [5.74, 6) is 0.803. The molecule has 3 rings (SSSR count). The zero-order valence-electron chi connectivity index (χ0n) is 15.2. The third kappa shape index (κ3) is 4.70. The molecule has 3 nitrogen and oxygen atoms in total. The van der Waals surface area contributed by atoms with Crippen LogP contribution in [0, 0.1) is 17.1 Å². The summed E-state index contributed by atoms with van der Waals surface area (Å²) in [4.78, 5) is 0. The van der Waals surface area contributed by atoms with Gasteiger partial charge in [-0.15, -0.1) is 0 Å². The van der Waals surface area contributed by atoms with Crippen LogP contribution in [0.1, 0.15) is 16.7 Å². The maximum atomic E-state index is 13.0. The van der Waals surface area contributed by atoms with E-state index in [0.29, 0.717) is 27.7 Å². The van der Waals surface area contributed by atoms with E-state index in [1.165, 1.54) is 12.1 Å². The van der Waals surface area contributed by atoms with E-state index in [9.17, 15) is 9.65 Å². The van der Waals surface area contributed by atoms with E-state index in [1.807, 2.05) is 18.2 Å². The number of nitrogens with zero attached hydrogens (tertiary/aromatic N) is 1. The first-order valence-corrected chi connectivity index (χ1v) is 8.90. The van der Waals surface area contributed by atoms with E-state index in [4.69, 9.17) is 21.1 Å². The van der Waals surface area contributed by atoms with E-state index in [0.717, 1.165) is 11.1 Å². The van der Waals surface area contributed by atoms with Gasteiger partial charge in [0.1, 0.15) is 12.4 Å². The minimum absolute atomic E-state index is 0.287. The van der Waals surface area contributed by atoms with Crippen molar-refractivity contribution in [2.75, 3.05) is 7.11 Å². The molecular formula is C23H17ClFNO2. The molecule has 0 bridgehead atoms. The first-order valence-electron chi connectivity index (χ1n) is 8.52. The highest BCUT2D eigenvalue weighted by Gasteiger charge is 2.09. The van der Waals surface area contributed by atoms with Gasteiger partial charge in [0.05, 0.1) is 18.8 Å². The highest BCUT2D eigenvalue weighted by molar-refractivity contribution is 6.32. The Morgan fingerprint density at radius 2 is 1.82 bits per heavy atom. The third-order valence-electron chi connectivity index (χ3n) is 4.09. The molecule has 28 heavy (non-hydrogen) atoms. The molecule has 0 N–H and O–H groups in total. The van der Waals surface area contributed by atoms with Crippen molar-refractivity contribution in [1.29, 1.82) is 5.26 Å². The van der Waals surface area contributed by atoms with Crippen molar-refractivity contribution in [1.82, 2.24) is 0 Å². The maximum Gasteiger partial charge on any atom is 0.161 e. The van der Waals surface area contributed by atoms with Crippen LogP contribution < -0.4 is 9.47 Å². The summed E-state index contributed by atoms with van der Waals surface area (Å²) >= 11 is 6.20. The van der Waals surface area contributed by atoms with E-state index in [1.54, 1.807) is 49.6 Å². The molecule has 0 amide bonds. The Bertz CT molecular complexity index is 1040. The number of rotatable bonds is 6. The number of ether oxygens (including phenoxy) is 2. The van der Waals surface area contributed by atoms with Gasteiger partial charge in [0.2, 0.25) is 0 Å². The molecule has 0 unspecified atom stereocenters. The standard InChI is InChI=1S/C23H17ClFNO2/c1-27-23-13-17(12-18(14-26)20-4-2-3-5-21(20)24)8-11-22(23)28-15-16-6-9-19(25)10-7-16/h2-13H,15H2,1H3. The summed E-state index contributed by atoms with van der Waals surface area (Å²) in [6, 6.07) is 20.9. The highest BCUT2D eigenvalue weighted by Crippen LogP contribution is 2.31. The largest absolute Gasteiger partial charge is 0.493 e. The molecule has 0 aromatic heterocycles. The van der Waals surface area contributed by atoms with Crippen LogP contribution >= 0.6 is 11.6 Å². The van der Waals surface area contributed by atoms with Crippen LogP contribution in [0.3, 0.4) is 0 Å². The van der Waals surface area contributed by atoms with Crippen molar-refractivity contribution < 1.29 is 13.9 Å². The first kappa shape index (κ1) is 19.5. The second kappa shape index (κ2) is 9.07. The Hall–Kier alpha value is -3.29. The van der Waals surface area contributed by atoms with Gasteiger partial charge < -0.3 is 9.47 Å². The van der Waals surface area contributed by atoms with E-state index in [2.05, 4.69) is 6.07 Å². The number of methoxy groups -OCH3 is 1. The topological polar surface area (TPSA) is 42.2 Å². The SMILES string of the molecule is COc1cc(C=C(C#N)c2ccccc2Cl)ccc1OCc1ccc(F)cc1. The summed E-state index contributed by atoms with van der Waals surface area (Å²) in [6.45, 7) is 0.287. The second-order valence-electron chi connectivity index (χ2n) is 5.98. The molecule has 5 heteroatoms. The summed E-state index contributed by atoms with van der Waals surface area (Å²) in [6.07, 6.45) is 1.74. The smallest absolute Gasteiger partial charge is 0.161 e. The number of nitriles is 1. The molecule has 0 aliphatic rings. The van der Waals surface area contributed by atoms with Crippen LogP contribution in [0.15, 0.2) is 66.7 Å². The van der Waals surface area contributed by atoms with Crippen molar-refractivity contribution in [2.24, 2.45) is 0 Å². The third-order valence-corrected chi connectivity index (χ3v) is 4.42. The molecule has 0 saturated heterocycles. The van der Waals surface area contributed by atoms with Gasteiger partial charge in [-0.1, -0.05) is 48.0 Å². The van der Waals surface area contributed by atoms with Gasteiger partial charge in [0, 0.05) is 10.6 Å². The number of halogens is 2.